The van der Waals surface area contributed by atoms with Gasteiger partial charge in [-0.25, -0.2) is 0 Å². The standard InChI is InChI=1S/C13H17ClN2O2.ClH/c1-9(13(17)16-8-10-6-15-7-10)18-12-5-3-2-4-11(12)14;/h2-5,9-10,15H,6-8H2,1H3,(H,16,17);1H. The van der Waals surface area contributed by atoms with Gasteiger partial charge >= 0.3 is 0 Å². The summed E-state index contributed by atoms with van der Waals surface area (Å²) in [5, 5.41) is 6.55. The molecule has 0 aromatic heterocycles. The van der Waals surface area contributed by atoms with Gasteiger partial charge in [-0.2, -0.15) is 0 Å². The number of carbonyl (C=O) groups excluding carboxylic acids is 1. The van der Waals surface area contributed by atoms with Crippen LogP contribution in [0.3, 0.4) is 0 Å². The number of hydrogen-bond acceptors (Lipinski definition) is 3. The van der Waals surface area contributed by atoms with Crippen LogP contribution in [-0.2, 0) is 4.79 Å². The van der Waals surface area contributed by atoms with Gasteiger partial charge in [-0.1, -0.05) is 23.7 Å². The average Bonchev–Trinajstić information content (AvgIpc) is 2.30. The molecule has 2 N–H and O–H groups in total. The van der Waals surface area contributed by atoms with Gasteiger partial charge in [0.1, 0.15) is 5.75 Å². The molecule has 0 aliphatic carbocycles. The summed E-state index contributed by atoms with van der Waals surface area (Å²) in [7, 11) is 0. The molecule has 6 heteroatoms. The van der Waals surface area contributed by atoms with Gasteiger partial charge in [-0.3, -0.25) is 4.79 Å². The molecular weight excluding hydrogens is 287 g/mol. The quantitative estimate of drug-likeness (QED) is 0.873. The van der Waals surface area contributed by atoms with Gasteiger partial charge < -0.3 is 15.4 Å². The summed E-state index contributed by atoms with van der Waals surface area (Å²) in [6.45, 7) is 4.36. The molecule has 0 bridgehead atoms. The normalized spacial score (nSPS) is 15.9. The molecule has 1 heterocycles. The molecular formula is C13H18Cl2N2O2. The van der Waals surface area contributed by atoms with Crippen LogP contribution in [0.2, 0.25) is 5.02 Å². The first-order valence-corrected chi connectivity index (χ1v) is 6.44. The van der Waals surface area contributed by atoms with Crippen LogP contribution in [0.15, 0.2) is 24.3 Å². The van der Waals surface area contributed by atoms with Crippen LogP contribution >= 0.6 is 24.0 Å². The Labute approximate surface area is 124 Å². The Morgan fingerprint density at radius 2 is 2.21 bits per heavy atom. The summed E-state index contributed by atoms with van der Waals surface area (Å²) in [6.07, 6.45) is -0.544. The van der Waals surface area contributed by atoms with Crippen LogP contribution in [0.1, 0.15) is 6.92 Å². The molecule has 4 nitrogen and oxygen atoms in total. The van der Waals surface area contributed by atoms with E-state index in [4.69, 9.17) is 16.3 Å². The molecule has 1 fully saturated rings. The smallest absolute Gasteiger partial charge is 0.260 e. The molecule has 1 aromatic carbocycles. The van der Waals surface area contributed by atoms with E-state index in [-0.39, 0.29) is 18.3 Å². The fraction of sp³-hybridized carbons (Fsp3) is 0.462. The maximum Gasteiger partial charge on any atom is 0.260 e. The van der Waals surface area contributed by atoms with Crippen molar-refractivity contribution in [2.75, 3.05) is 19.6 Å². The van der Waals surface area contributed by atoms with E-state index >= 15 is 0 Å². The highest BCUT2D eigenvalue weighted by molar-refractivity contribution is 6.32. The van der Waals surface area contributed by atoms with Gasteiger partial charge in [0.05, 0.1) is 5.02 Å². The second-order valence-corrected chi connectivity index (χ2v) is 4.87. The Morgan fingerprint density at radius 1 is 1.53 bits per heavy atom. The number of rotatable bonds is 5. The van der Waals surface area contributed by atoms with Gasteiger partial charge in [0.2, 0.25) is 0 Å². The average molecular weight is 305 g/mol. The Bertz CT molecular complexity index is 425. The second-order valence-electron chi connectivity index (χ2n) is 4.46. The first kappa shape index (κ1) is 16.1. The SMILES string of the molecule is CC(Oc1ccccc1Cl)C(=O)NCC1CNC1.Cl. The lowest BCUT2D eigenvalue weighted by atomic mass is 10.0. The van der Waals surface area contributed by atoms with Crippen LogP contribution in [0.25, 0.3) is 0 Å². The highest BCUT2D eigenvalue weighted by Gasteiger charge is 2.20. The lowest BCUT2D eigenvalue weighted by Gasteiger charge is -2.27. The van der Waals surface area contributed by atoms with Gasteiger partial charge in [0.15, 0.2) is 6.10 Å². The van der Waals surface area contributed by atoms with Crippen molar-refractivity contribution in [2.45, 2.75) is 13.0 Å². The molecule has 1 saturated heterocycles. The predicted octanol–water partition coefficient (Wildman–Crippen LogP) is 1.86. The lowest BCUT2D eigenvalue weighted by molar-refractivity contribution is -0.127. The van der Waals surface area contributed by atoms with Crippen molar-refractivity contribution in [2.24, 2.45) is 5.92 Å². The summed E-state index contributed by atoms with van der Waals surface area (Å²) in [4.78, 5) is 11.8. The molecule has 1 aliphatic rings. The van der Waals surface area contributed by atoms with Crippen molar-refractivity contribution in [3.8, 4) is 5.75 Å². The molecule has 1 atom stereocenters. The maximum absolute atomic E-state index is 11.8. The minimum absolute atomic E-state index is 0. The molecule has 0 spiro atoms. The molecule has 0 saturated carbocycles. The second kappa shape index (κ2) is 7.58. The number of amides is 1. The number of hydrogen-bond donors (Lipinski definition) is 2. The van der Waals surface area contributed by atoms with Crippen LogP contribution in [0.5, 0.6) is 5.75 Å². The van der Waals surface area contributed by atoms with Crippen molar-refractivity contribution in [3.63, 3.8) is 0 Å². The largest absolute Gasteiger partial charge is 0.479 e. The zero-order valence-corrected chi connectivity index (χ0v) is 12.3. The van der Waals surface area contributed by atoms with E-state index in [9.17, 15) is 4.79 Å². The highest BCUT2D eigenvalue weighted by atomic mass is 35.5. The fourth-order valence-corrected chi connectivity index (χ4v) is 1.85. The predicted molar refractivity (Wildman–Crippen MR) is 78.2 cm³/mol. The molecule has 1 unspecified atom stereocenters. The van der Waals surface area contributed by atoms with Crippen molar-refractivity contribution < 1.29 is 9.53 Å². The van der Waals surface area contributed by atoms with Crippen molar-refractivity contribution in [1.82, 2.24) is 10.6 Å². The summed E-state index contributed by atoms with van der Waals surface area (Å²) >= 11 is 5.97. The summed E-state index contributed by atoms with van der Waals surface area (Å²) in [5.41, 5.74) is 0. The Kier molecular flexibility index (Phi) is 6.42. The minimum Gasteiger partial charge on any atom is -0.479 e. The molecule has 1 amide bonds. The van der Waals surface area contributed by atoms with Gasteiger partial charge in [-0.15, -0.1) is 12.4 Å². The van der Waals surface area contributed by atoms with E-state index < -0.39 is 6.10 Å². The topological polar surface area (TPSA) is 50.4 Å². The zero-order valence-electron chi connectivity index (χ0n) is 10.7. The fourth-order valence-electron chi connectivity index (χ4n) is 1.67. The highest BCUT2D eigenvalue weighted by Crippen LogP contribution is 2.24. The van der Waals surface area contributed by atoms with Crippen LogP contribution in [0.4, 0.5) is 0 Å². The van der Waals surface area contributed by atoms with Crippen LogP contribution in [0, 0.1) is 5.92 Å². The number of para-hydroxylation sites is 1. The molecule has 106 valence electrons. The number of nitrogens with one attached hydrogen (secondary N) is 2. The van der Waals surface area contributed by atoms with Crippen LogP contribution in [-0.4, -0.2) is 31.6 Å². The molecule has 1 aliphatic heterocycles. The Hall–Kier alpha value is -0.970. The zero-order chi connectivity index (χ0) is 13.0. The number of halogens is 2. The first-order valence-electron chi connectivity index (χ1n) is 6.06. The third kappa shape index (κ3) is 4.56. The van der Waals surface area contributed by atoms with Crippen molar-refractivity contribution in [1.29, 1.82) is 0 Å². The van der Waals surface area contributed by atoms with E-state index in [2.05, 4.69) is 10.6 Å². The van der Waals surface area contributed by atoms with Crippen molar-refractivity contribution >= 4 is 29.9 Å². The van der Waals surface area contributed by atoms with Gasteiger partial charge in [0, 0.05) is 25.6 Å². The number of ether oxygens (including phenoxy) is 1. The number of benzene rings is 1. The Morgan fingerprint density at radius 3 is 2.79 bits per heavy atom. The summed E-state index contributed by atoms with van der Waals surface area (Å²) in [5.74, 6) is 0.968. The monoisotopic (exact) mass is 304 g/mol. The lowest BCUT2D eigenvalue weighted by Crippen LogP contribution is -2.49. The molecule has 0 radical (unpaired) electrons. The van der Waals surface area contributed by atoms with E-state index in [0.717, 1.165) is 13.1 Å². The Balaban J connectivity index is 0.00000180. The first-order chi connectivity index (χ1) is 8.66. The number of carbonyl (C=O) groups is 1. The van der Waals surface area contributed by atoms with E-state index in [1.165, 1.54) is 0 Å². The van der Waals surface area contributed by atoms with E-state index in [0.29, 0.717) is 23.2 Å². The molecule has 2 rings (SSSR count). The van der Waals surface area contributed by atoms with Gasteiger partial charge in [-0.05, 0) is 19.1 Å². The van der Waals surface area contributed by atoms with Gasteiger partial charge in [0.25, 0.3) is 5.91 Å². The molecule has 1 aromatic rings. The third-order valence-corrected chi connectivity index (χ3v) is 3.25. The van der Waals surface area contributed by atoms with E-state index in [1.807, 2.05) is 12.1 Å². The minimum atomic E-state index is -0.544. The van der Waals surface area contributed by atoms with Crippen molar-refractivity contribution in [3.05, 3.63) is 29.3 Å². The third-order valence-electron chi connectivity index (χ3n) is 2.94. The van der Waals surface area contributed by atoms with Crippen LogP contribution < -0.4 is 15.4 Å². The van der Waals surface area contributed by atoms with E-state index in [1.54, 1.807) is 19.1 Å². The summed E-state index contributed by atoms with van der Waals surface area (Å²) in [6, 6.07) is 7.14. The summed E-state index contributed by atoms with van der Waals surface area (Å²) < 4.78 is 5.53. The molecule has 19 heavy (non-hydrogen) atoms. The maximum atomic E-state index is 11.8.